The molecule has 0 aromatic heterocycles. The molecule has 5 nitrogen and oxygen atoms in total. The number of rotatable bonds is 1. The quantitative estimate of drug-likeness (QED) is 0.390. The fourth-order valence-electron chi connectivity index (χ4n) is 0.565. The highest BCUT2D eigenvalue weighted by molar-refractivity contribution is 4.87. The molecule has 0 bridgehead atoms. The van der Waals surface area contributed by atoms with Gasteiger partial charge in [0.15, 0.2) is 0 Å². The highest BCUT2D eigenvalue weighted by atomic mass is 16.6. The van der Waals surface area contributed by atoms with Crippen LogP contribution in [0.2, 0.25) is 0 Å². The summed E-state index contributed by atoms with van der Waals surface area (Å²) in [7, 11) is 0. The summed E-state index contributed by atoms with van der Waals surface area (Å²) in [6.07, 6.45) is 0.812. The van der Waals surface area contributed by atoms with Crippen LogP contribution >= 0.6 is 0 Å². The molecule has 9 heavy (non-hydrogen) atoms. The molecule has 1 N–H and O–H groups in total. The van der Waals surface area contributed by atoms with Gasteiger partial charge in [-0.1, -0.05) is 0 Å². The van der Waals surface area contributed by atoms with E-state index in [9.17, 15) is 10.1 Å². The van der Waals surface area contributed by atoms with Crippen molar-refractivity contribution in [3.8, 4) is 0 Å². The second-order valence-electron chi connectivity index (χ2n) is 1.55. The second-order valence-corrected chi connectivity index (χ2v) is 1.55. The van der Waals surface area contributed by atoms with E-state index in [4.69, 9.17) is 4.74 Å². The van der Waals surface area contributed by atoms with Gasteiger partial charge in [0.05, 0.1) is 11.5 Å². The average molecular weight is 130 g/mol. The first kappa shape index (κ1) is 5.87. The van der Waals surface area contributed by atoms with E-state index in [2.05, 4.69) is 5.32 Å². The molecule has 1 aliphatic rings. The predicted octanol–water partition coefficient (Wildman–Crippen LogP) is -0.318. The summed E-state index contributed by atoms with van der Waals surface area (Å²) in [6, 6.07) is 0. The van der Waals surface area contributed by atoms with E-state index in [0.717, 1.165) is 6.20 Å². The first-order valence-electron chi connectivity index (χ1n) is 2.51. The second kappa shape index (κ2) is 2.34. The highest BCUT2D eigenvalue weighted by Gasteiger charge is 2.08. The van der Waals surface area contributed by atoms with E-state index in [1.807, 2.05) is 0 Å². The third-order valence-electron chi connectivity index (χ3n) is 0.882. The van der Waals surface area contributed by atoms with Crippen LogP contribution in [0.15, 0.2) is 12.1 Å². The zero-order chi connectivity index (χ0) is 6.69. The lowest BCUT2D eigenvalue weighted by molar-refractivity contribution is -0.405. The Kier molecular flexibility index (Phi) is 1.53. The smallest absolute Gasteiger partial charge is 0.293 e. The van der Waals surface area contributed by atoms with Crippen LogP contribution in [0.25, 0.3) is 0 Å². The lowest BCUT2D eigenvalue weighted by atomic mass is 10.7. The Morgan fingerprint density at radius 3 is 3.11 bits per heavy atom. The van der Waals surface area contributed by atoms with Crippen molar-refractivity contribution in [2.45, 2.75) is 0 Å². The van der Waals surface area contributed by atoms with Gasteiger partial charge in [-0.05, 0) is 0 Å². The van der Waals surface area contributed by atoms with Crippen LogP contribution in [0.1, 0.15) is 0 Å². The third-order valence-corrected chi connectivity index (χ3v) is 0.882. The molecule has 0 aliphatic carbocycles. The van der Waals surface area contributed by atoms with Gasteiger partial charge in [-0.2, -0.15) is 0 Å². The van der Waals surface area contributed by atoms with Gasteiger partial charge in [0.2, 0.25) is 0 Å². The molecule has 0 aromatic carbocycles. The summed E-state index contributed by atoms with van der Waals surface area (Å²) >= 11 is 0. The molecule has 1 heterocycles. The zero-order valence-corrected chi connectivity index (χ0v) is 4.66. The van der Waals surface area contributed by atoms with E-state index in [1.165, 1.54) is 0 Å². The van der Waals surface area contributed by atoms with Crippen molar-refractivity contribution >= 4 is 0 Å². The van der Waals surface area contributed by atoms with Crippen LogP contribution in [0.4, 0.5) is 0 Å². The van der Waals surface area contributed by atoms with Gasteiger partial charge in [-0.3, -0.25) is 10.1 Å². The van der Waals surface area contributed by atoms with Crippen LogP contribution in [0.5, 0.6) is 0 Å². The lowest BCUT2D eigenvalue weighted by Gasteiger charge is -1.90. The zero-order valence-electron chi connectivity index (χ0n) is 4.66. The number of hydrogen-bond donors (Lipinski definition) is 1. The van der Waals surface area contributed by atoms with E-state index >= 15 is 0 Å². The Hall–Kier alpha value is -1.26. The Bertz CT molecular complexity index is 146. The topological polar surface area (TPSA) is 64.4 Å². The maximum Gasteiger partial charge on any atom is 0.293 e. The van der Waals surface area contributed by atoms with E-state index in [0.29, 0.717) is 13.2 Å². The molecule has 1 rings (SSSR count). The van der Waals surface area contributed by atoms with Gasteiger partial charge >= 0.3 is 0 Å². The van der Waals surface area contributed by atoms with Crippen molar-refractivity contribution in [1.82, 2.24) is 5.32 Å². The number of hydrogen-bond acceptors (Lipinski definition) is 4. The van der Waals surface area contributed by atoms with Gasteiger partial charge in [0, 0.05) is 0 Å². The lowest BCUT2D eigenvalue weighted by Crippen LogP contribution is -2.06. The molecule has 0 atom stereocenters. The minimum Gasteiger partial charge on any atom is -0.473 e. The SMILES string of the molecule is O=[N+]([O-])/C=C1/NCCO1. The Labute approximate surface area is 51.5 Å². The minimum absolute atomic E-state index is 0.250. The van der Waals surface area contributed by atoms with Crippen molar-refractivity contribution in [2.24, 2.45) is 0 Å². The molecule has 5 heteroatoms. The fraction of sp³-hybridized carbons (Fsp3) is 0.500. The van der Waals surface area contributed by atoms with Crippen molar-refractivity contribution in [1.29, 1.82) is 0 Å². The van der Waals surface area contributed by atoms with Gasteiger partial charge < -0.3 is 10.1 Å². The van der Waals surface area contributed by atoms with Gasteiger partial charge in [0.25, 0.3) is 12.1 Å². The molecule has 0 aromatic rings. The van der Waals surface area contributed by atoms with Crippen molar-refractivity contribution in [2.75, 3.05) is 13.2 Å². The molecule has 1 aliphatic heterocycles. The summed E-state index contributed by atoms with van der Waals surface area (Å²) in [5.74, 6) is 0.250. The predicted molar refractivity (Wildman–Crippen MR) is 29.0 cm³/mol. The molecule has 0 unspecified atom stereocenters. The molecule has 0 radical (unpaired) electrons. The molecular formula is C4H6N2O3. The van der Waals surface area contributed by atoms with Gasteiger partial charge in [-0.15, -0.1) is 0 Å². The van der Waals surface area contributed by atoms with Gasteiger partial charge in [-0.25, -0.2) is 0 Å². The highest BCUT2D eigenvalue weighted by Crippen LogP contribution is 1.97. The maximum absolute atomic E-state index is 9.76. The van der Waals surface area contributed by atoms with Crippen LogP contribution in [-0.2, 0) is 4.74 Å². The standard InChI is InChI=1S/C4H6N2O3/c7-6(8)3-4-5-1-2-9-4/h3,5H,1-2H2/b4-3-. The first-order valence-corrected chi connectivity index (χ1v) is 2.51. The number of nitro groups is 1. The molecule has 1 saturated heterocycles. The normalized spacial score (nSPS) is 21.1. The number of nitrogens with zero attached hydrogens (tertiary/aromatic N) is 1. The summed E-state index contributed by atoms with van der Waals surface area (Å²) in [6.45, 7) is 1.17. The summed E-state index contributed by atoms with van der Waals surface area (Å²) in [5.41, 5.74) is 0. The van der Waals surface area contributed by atoms with E-state index in [1.54, 1.807) is 0 Å². The summed E-state index contributed by atoms with van der Waals surface area (Å²) < 4.78 is 4.77. The summed E-state index contributed by atoms with van der Waals surface area (Å²) in [5, 5.41) is 12.4. The van der Waals surface area contributed by atoms with Crippen molar-refractivity contribution in [3.63, 3.8) is 0 Å². The Morgan fingerprint density at radius 1 is 1.89 bits per heavy atom. The monoisotopic (exact) mass is 130 g/mol. The average Bonchev–Trinajstić information content (AvgIpc) is 2.15. The van der Waals surface area contributed by atoms with Crippen LogP contribution in [0.3, 0.4) is 0 Å². The fourth-order valence-corrected chi connectivity index (χ4v) is 0.565. The maximum atomic E-state index is 9.76. The van der Waals surface area contributed by atoms with Crippen LogP contribution in [-0.4, -0.2) is 18.1 Å². The van der Waals surface area contributed by atoms with Crippen molar-refractivity contribution in [3.05, 3.63) is 22.2 Å². The minimum atomic E-state index is -0.548. The number of ether oxygens (including phenoxy) is 1. The molecule has 1 fully saturated rings. The molecule has 0 saturated carbocycles. The molecule has 0 spiro atoms. The number of nitrogens with one attached hydrogen (secondary N) is 1. The summed E-state index contributed by atoms with van der Waals surface area (Å²) in [4.78, 5) is 9.22. The van der Waals surface area contributed by atoms with E-state index in [-0.39, 0.29) is 5.88 Å². The largest absolute Gasteiger partial charge is 0.473 e. The van der Waals surface area contributed by atoms with E-state index < -0.39 is 4.92 Å². The molecular weight excluding hydrogens is 124 g/mol. The first-order chi connectivity index (χ1) is 4.29. The third kappa shape index (κ3) is 1.60. The Morgan fingerprint density at radius 2 is 2.67 bits per heavy atom. The van der Waals surface area contributed by atoms with Crippen LogP contribution in [0, 0.1) is 10.1 Å². The van der Waals surface area contributed by atoms with Crippen LogP contribution < -0.4 is 5.32 Å². The molecule has 50 valence electrons. The van der Waals surface area contributed by atoms with Gasteiger partial charge in [0.1, 0.15) is 6.61 Å². The molecule has 0 amide bonds. The van der Waals surface area contributed by atoms with Crippen molar-refractivity contribution < 1.29 is 9.66 Å². The Balaban J connectivity index is 2.49.